The SMILES string of the molecule is CC(=O)C[C@H](OCc1ccccc1)[C@@H]1CC(=O)O1. The minimum Gasteiger partial charge on any atom is -0.459 e. The highest BCUT2D eigenvalue weighted by molar-refractivity contribution is 5.78. The first kappa shape index (κ1) is 12.8. The van der Waals surface area contributed by atoms with E-state index in [1.165, 1.54) is 6.92 Å². The van der Waals surface area contributed by atoms with Crippen molar-refractivity contribution in [3.8, 4) is 0 Å². The molecule has 1 aromatic rings. The van der Waals surface area contributed by atoms with Gasteiger partial charge in [0.05, 0.1) is 13.0 Å². The van der Waals surface area contributed by atoms with Gasteiger partial charge < -0.3 is 9.47 Å². The van der Waals surface area contributed by atoms with Crippen LogP contribution in [-0.4, -0.2) is 24.0 Å². The van der Waals surface area contributed by atoms with Crippen molar-refractivity contribution in [3.05, 3.63) is 35.9 Å². The van der Waals surface area contributed by atoms with Gasteiger partial charge in [0.2, 0.25) is 0 Å². The van der Waals surface area contributed by atoms with Crippen molar-refractivity contribution in [2.24, 2.45) is 0 Å². The monoisotopic (exact) mass is 248 g/mol. The molecular formula is C14H16O4. The number of cyclic esters (lactones) is 1. The van der Waals surface area contributed by atoms with Crippen molar-refractivity contribution in [3.63, 3.8) is 0 Å². The molecule has 2 rings (SSSR count). The number of carbonyl (C=O) groups excluding carboxylic acids is 2. The van der Waals surface area contributed by atoms with E-state index in [-0.39, 0.29) is 30.4 Å². The first-order chi connectivity index (χ1) is 8.65. The fraction of sp³-hybridized carbons (Fsp3) is 0.429. The molecule has 0 spiro atoms. The predicted molar refractivity (Wildman–Crippen MR) is 64.8 cm³/mol. The average Bonchev–Trinajstić information content (AvgIpc) is 2.32. The van der Waals surface area contributed by atoms with Gasteiger partial charge in [-0.25, -0.2) is 0 Å². The van der Waals surface area contributed by atoms with Crippen molar-refractivity contribution in [2.75, 3.05) is 0 Å². The van der Waals surface area contributed by atoms with E-state index in [2.05, 4.69) is 0 Å². The highest BCUT2D eigenvalue weighted by Crippen LogP contribution is 2.22. The zero-order valence-corrected chi connectivity index (χ0v) is 10.3. The summed E-state index contributed by atoms with van der Waals surface area (Å²) in [5.74, 6) is -0.187. The maximum atomic E-state index is 11.2. The van der Waals surface area contributed by atoms with E-state index in [1.807, 2.05) is 30.3 Å². The molecule has 1 fully saturated rings. The molecule has 1 aliphatic rings. The first-order valence-corrected chi connectivity index (χ1v) is 5.99. The molecule has 4 nitrogen and oxygen atoms in total. The van der Waals surface area contributed by atoms with Gasteiger partial charge in [-0.2, -0.15) is 0 Å². The van der Waals surface area contributed by atoms with Crippen molar-refractivity contribution >= 4 is 11.8 Å². The van der Waals surface area contributed by atoms with Crippen LogP contribution >= 0.6 is 0 Å². The molecule has 18 heavy (non-hydrogen) atoms. The van der Waals surface area contributed by atoms with Gasteiger partial charge in [0.25, 0.3) is 0 Å². The lowest BCUT2D eigenvalue weighted by Gasteiger charge is -2.32. The summed E-state index contributed by atoms with van der Waals surface area (Å²) in [5.41, 5.74) is 1.04. The van der Waals surface area contributed by atoms with Crippen LogP contribution in [0.4, 0.5) is 0 Å². The summed E-state index contributed by atoms with van der Waals surface area (Å²) in [6.07, 6.45) is 0.0165. The van der Waals surface area contributed by atoms with Crippen LogP contribution in [0.2, 0.25) is 0 Å². The number of carbonyl (C=O) groups is 2. The van der Waals surface area contributed by atoms with Crippen LogP contribution < -0.4 is 0 Å². The van der Waals surface area contributed by atoms with E-state index in [4.69, 9.17) is 9.47 Å². The third-order valence-corrected chi connectivity index (χ3v) is 2.86. The van der Waals surface area contributed by atoms with Crippen LogP contribution in [0, 0.1) is 0 Å². The van der Waals surface area contributed by atoms with Gasteiger partial charge in [0, 0.05) is 6.42 Å². The number of Topliss-reactive ketones (excluding diaryl/α,β-unsaturated/α-hetero) is 1. The topological polar surface area (TPSA) is 52.6 Å². The average molecular weight is 248 g/mol. The molecule has 0 amide bonds. The van der Waals surface area contributed by atoms with Crippen LogP contribution in [0.3, 0.4) is 0 Å². The Morgan fingerprint density at radius 2 is 2.11 bits per heavy atom. The number of hydrogen-bond donors (Lipinski definition) is 0. The Labute approximate surface area is 106 Å². The number of rotatable bonds is 6. The van der Waals surface area contributed by atoms with Gasteiger partial charge in [0.15, 0.2) is 0 Å². The maximum absolute atomic E-state index is 11.2. The third kappa shape index (κ3) is 3.40. The second-order valence-corrected chi connectivity index (χ2v) is 4.47. The molecule has 2 atom stereocenters. The van der Waals surface area contributed by atoms with Gasteiger partial charge in [-0.1, -0.05) is 30.3 Å². The Bertz CT molecular complexity index is 419. The lowest BCUT2D eigenvalue weighted by molar-refractivity contribution is -0.186. The standard InChI is InChI=1S/C14H16O4/c1-10(15)7-12(13-8-14(16)18-13)17-9-11-5-3-2-4-6-11/h2-6,12-13H,7-9H2,1H3/t12-,13-/m0/s1. The fourth-order valence-corrected chi connectivity index (χ4v) is 1.89. The second-order valence-electron chi connectivity index (χ2n) is 4.47. The molecule has 1 saturated heterocycles. The minimum absolute atomic E-state index is 0.0380. The molecule has 96 valence electrons. The lowest BCUT2D eigenvalue weighted by Crippen LogP contribution is -2.44. The summed E-state index contributed by atoms with van der Waals surface area (Å²) < 4.78 is 10.7. The van der Waals surface area contributed by atoms with E-state index < -0.39 is 0 Å². The molecule has 0 N–H and O–H groups in total. The Balaban J connectivity index is 1.89. The van der Waals surface area contributed by atoms with E-state index in [1.54, 1.807) is 0 Å². The molecule has 0 saturated carbocycles. The Morgan fingerprint density at radius 1 is 1.44 bits per heavy atom. The molecule has 0 radical (unpaired) electrons. The minimum atomic E-state index is -0.333. The van der Waals surface area contributed by atoms with E-state index in [0.717, 1.165) is 5.56 Å². The van der Waals surface area contributed by atoms with Gasteiger partial charge in [-0.3, -0.25) is 9.59 Å². The van der Waals surface area contributed by atoms with Gasteiger partial charge in [-0.05, 0) is 12.5 Å². The summed E-state index contributed by atoms with van der Waals surface area (Å²) >= 11 is 0. The van der Waals surface area contributed by atoms with Crippen LogP contribution in [0.5, 0.6) is 0 Å². The molecule has 0 aromatic heterocycles. The van der Waals surface area contributed by atoms with Crippen molar-refractivity contribution in [2.45, 2.75) is 38.6 Å². The number of ketones is 1. The van der Waals surface area contributed by atoms with E-state index in [9.17, 15) is 9.59 Å². The molecule has 4 heteroatoms. The highest BCUT2D eigenvalue weighted by Gasteiger charge is 2.37. The molecular weight excluding hydrogens is 232 g/mol. The van der Waals surface area contributed by atoms with Crippen LogP contribution in [0.25, 0.3) is 0 Å². The molecule has 1 heterocycles. The molecule has 1 aromatic carbocycles. The van der Waals surface area contributed by atoms with E-state index in [0.29, 0.717) is 13.0 Å². The Kier molecular flexibility index (Phi) is 4.10. The summed E-state index contributed by atoms with van der Waals surface area (Å²) in [5, 5.41) is 0. The summed E-state index contributed by atoms with van der Waals surface area (Å²) in [6.45, 7) is 1.94. The summed E-state index contributed by atoms with van der Waals surface area (Å²) in [4.78, 5) is 22.0. The smallest absolute Gasteiger partial charge is 0.310 e. The second kappa shape index (κ2) is 5.78. The third-order valence-electron chi connectivity index (χ3n) is 2.86. The fourth-order valence-electron chi connectivity index (χ4n) is 1.89. The van der Waals surface area contributed by atoms with Gasteiger partial charge in [-0.15, -0.1) is 0 Å². The Hall–Kier alpha value is -1.68. The Morgan fingerprint density at radius 3 is 2.67 bits per heavy atom. The first-order valence-electron chi connectivity index (χ1n) is 5.99. The zero-order chi connectivity index (χ0) is 13.0. The van der Waals surface area contributed by atoms with Crippen molar-refractivity contribution in [1.82, 2.24) is 0 Å². The molecule has 0 aliphatic carbocycles. The van der Waals surface area contributed by atoms with E-state index >= 15 is 0 Å². The number of benzene rings is 1. The van der Waals surface area contributed by atoms with Gasteiger partial charge in [0.1, 0.15) is 18.0 Å². The lowest BCUT2D eigenvalue weighted by atomic mass is 10.0. The van der Waals surface area contributed by atoms with Gasteiger partial charge >= 0.3 is 5.97 Å². The zero-order valence-electron chi connectivity index (χ0n) is 10.3. The largest absolute Gasteiger partial charge is 0.459 e. The summed E-state index contributed by atoms with van der Waals surface area (Å²) in [7, 11) is 0. The van der Waals surface area contributed by atoms with Crippen molar-refractivity contribution < 1.29 is 19.1 Å². The van der Waals surface area contributed by atoms with Crippen LogP contribution in [0.15, 0.2) is 30.3 Å². The molecule has 0 unspecified atom stereocenters. The normalized spacial score (nSPS) is 19.8. The maximum Gasteiger partial charge on any atom is 0.310 e. The molecule has 0 bridgehead atoms. The molecule has 1 aliphatic heterocycles. The number of ether oxygens (including phenoxy) is 2. The van der Waals surface area contributed by atoms with Crippen LogP contribution in [-0.2, 0) is 25.7 Å². The highest BCUT2D eigenvalue weighted by atomic mass is 16.6. The van der Waals surface area contributed by atoms with Crippen molar-refractivity contribution in [1.29, 1.82) is 0 Å². The number of esters is 1. The quantitative estimate of drug-likeness (QED) is 0.721. The summed E-state index contributed by atoms with van der Waals surface area (Å²) in [6, 6.07) is 9.71. The predicted octanol–water partition coefficient (Wildman–Crippen LogP) is 1.87. The van der Waals surface area contributed by atoms with Crippen LogP contribution in [0.1, 0.15) is 25.3 Å². The number of hydrogen-bond acceptors (Lipinski definition) is 4.